The first kappa shape index (κ1) is 15.8. The number of hydrogen-bond donors (Lipinski definition) is 3. The molecule has 20 heavy (non-hydrogen) atoms. The van der Waals surface area contributed by atoms with Gasteiger partial charge in [-0.25, -0.2) is 18.0 Å². The fourth-order valence-corrected chi connectivity index (χ4v) is 1.42. The van der Waals surface area contributed by atoms with Crippen molar-refractivity contribution in [3.05, 3.63) is 29.6 Å². The number of carboxylic acid groups (broad SMARTS) is 1. The number of urea groups is 1. The van der Waals surface area contributed by atoms with Crippen molar-refractivity contribution in [1.29, 1.82) is 0 Å². The van der Waals surface area contributed by atoms with Gasteiger partial charge in [-0.3, -0.25) is 4.79 Å². The predicted molar refractivity (Wildman–Crippen MR) is 64.8 cm³/mol. The van der Waals surface area contributed by atoms with Crippen molar-refractivity contribution in [2.24, 2.45) is 0 Å². The number of carbonyl (C=O) groups is 2. The van der Waals surface area contributed by atoms with Crippen LogP contribution >= 0.6 is 0 Å². The second kappa shape index (κ2) is 7.37. The number of amides is 2. The minimum Gasteiger partial charge on any atom is -0.481 e. The molecule has 0 saturated heterocycles. The predicted octanol–water partition coefficient (Wildman–Crippen LogP) is 2.48. The van der Waals surface area contributed by atoms with Gasteiger partial charge >= 0.3 is 12.0 Å². The lowest BCUT2D eigenvalue weighted by molar-refractivity contribution is -0.137. The van der Waals surface area contributed by atoms with Gasteiger partial charge in [-0.1, -0.05) is 0 Å². The fraction of sp³-hybridized carbons (Fsp3) is 0.333. The first-order chi connectivity index (χ1) is 9.40. The van der Waals surface area contributed by atoms with Crippen molar-refractivity contribution in [3.8, 4) is 0 Å². The van der Waals surface area contributed by atoms with E-state index in [9.17, 15) is 22.8 Å². The SMILES string of the molecule is O=C(O)CCCCNC(=O)Nc1cc(F)cc(F)c1F. The summed E-state index contributed by atoms with van der Waals surface area (Å²) in [6.45, 7) is 0.165. The third kappa shape index (κ3) is 5.17. The zero-order valence-electron chi connectivity index (χ0n) is 10.4. The summed E-state index contributed by atoms with van der Waals surface area (Å²) in [5, 5.41) is 12.7. The molecule has 1 rings (SSSR count). The lowest BCUT2D eigenvalue weighted by Gasteiger charge is -2.08. The Labute approximate surface area is 112 Å². The zero-order valence-corrected chi connectivity index (χ0v) is 10.4. The number of carbonyl (C=O) groups excluding carboxylic acids is 1. The minimum absolute atomic E-state index is 0.0208. The van der Waals surface area contributed by atoms with E-state index >= 15 is 0 Å². The van der Waals surface area contributed by atoms with E-state index < -0.39 is 35.1 Å². The Kier molecular flexibility index (Phi) is 5.82. The highest BCUT2D eigenvalue weighted by molar-refractivity contribution is 5.89. The number of rotatable bonds is 6. The van der Waals surface area contributed by atoms with Crippen LogP contribution in [0, 0.1) is 17.5 Å². The van der Waals surface area contributed by atoms with E-state index in [2.05, 4.69) is 5.32 Å². The molecule has 0 atom stereocenters. The number of anilines is 1. The number of halogens is 3. The second-order valence-corrected chi connectivity index (χ2v) is 3.98. The highest BCUT2D eigenvalue weighted by Crippen LogP contribution is 2.18. The molecule has 0 aliphatic carbocycles. The number of carboxylic acids is 1. The Morgan fingerprint density at radius 3 is 2.50 bits per heavy atom. The first-order valence-corrected chi connectivity index (χ1v) is 5.81. The maximum atomic E-state index is 13.2. The monoisotopic (exact) mass is 290 g/mol. The Balaban J connectivity index is 2.41. The molecule has 0 saturated carbocycles. The van der Waals surface area contributed by atoms with Gasteiger partial charge in [0, 0.05) is 25.1 Å². The molecular formula is C12H13F3N2O3. The van der Waals surface area contributed by atoms with Crippen molar-refractivity contribution in [3.63, 3.8) is 0 Å². The van der Waals surface area contributed by atoms with Crippen LogP contribution < -0.4 is 10.6 Å². The molecule has 0 bridgehead atoms. The van der Waals surface area contributed by atoms with Crippen LogP contribution in [0.1, 0.15) is 19.3 Å². The molecule has 0 spiro atoms. The third-order valence-corrected chi connectivity index (χ3v) is 2.34. The number of hydrogen-bond acceptors (Lipinski definition) is 2. The topological polar surface area (TPSA) is 78.4 Å². The molecule has 1 aromatic carbocycles. The third-order valence-electron chi connectivity index (χ3n) is 2.34. The molecule has 110 valence electrons. The van der Waals surface area contributed by atoms with Crippen LogP contribution in [0.4, 0.5) is 23.7 Å². The standard InChI is InChI=1S/C12H13F3N2O3/c13-7-5-8(14)11(15)9(6-7)17-12(20)16-4-2-1-3-10(18)19/h5-6H,1-4H2,(H,18,19)(H2,16,17,20). The number of benzene rings is 1. The number of nitrogens with one attached hydrogen (secondary N) is 2. The Hall–Kier alpha value is -2.25. The molecule has 0 heterocycles. The highest BCUT2D eigenvalue weighted by Gasteiger charge is 2.13. The van der Waals surface area contributed by atoms with Crippen LogP contribution in [0.5, 0.6) is 0 Å². The lowest BCUT2D eigenvalue weighted by atomic mass is 10.2. The Morgan fingerprint density at radius 2 is 1.85 bits per heavy atom. The van der Waals surface area contributed by atoms with Crippen molar-refractivity contribution in [2.75, 3.05) is 11.9 Å². The first-order valence-electron chi connectivity index (χ1n) is 5.81. The summed E-state index contributed by atoms with van der Waals surface area (Å²) in [5.41, 5.74) is -0.606. The maximum Gasteiger partial charge on any atom is 0.319 e. The number of aliphatic carboxylic acids is 1. The van der Waals surface area contributed by atoms with Crippen molar-refractivity contribution in [2.45, 2.75) is 19.3 Å². The molecule has 2 amide bonds. The number of unbranched alkanes of at least 4 members (excludes halogenated alkanes) is 1. The van der Waals surface area contributed by atoms with E-state index in [1.165, 1.54) is 0 Å². The van der Waals surface area contributed by atoms with Crippen LogP contribution in [-0.2, 0) is 4.79 Å². The van der Waals surface area contributed by atoms with Crippen LogP contribution in [0.25, 0.3) is 0 Å². The summed E-state index contributed by atoms with van der Waals surface area (Å²) < 4.78 is 39.0. The van der Waals surface area contributed by atoms with E-state index in [4.69, 9.17) is 5.11 Å². The van der Waals surface area contributed by atoms with Gasteiger partial charge in [0.2, 0.25) is 0 Å². The summed E-state index contributed by atoms with van der Waals surface area (Å²) in [6.07, 6.45) is 0.769. The van der Waals surface area contributed by atoms with E-state index in [-0.39, 0.29) is 13.0 Å². The van der Waals surface area contributed by atoms with Gasteiger partial charge in [0.1, 0.15) is 5.82 Å². The zero-order chi connectivity index (χ0) is 15.1. The summed E-state index contributed by atoms with van der Waals surface area (Å²) in [4.78, 5) is 21.6. The Bertz CT molecular complexity index is 509. The molecule has 8 heteroatoms. The molecule has 0 aliphatic heterocycles. The smallest absolute Gasteiger partial charge is 0.319 e. The molecule has 0 unspecified atom stereocenters. The largest absolute Gasteiger partial charge is 0.481 e. The highest BCUT2D eigenvalue weighted by atomic mass is 19.2. The van der Waals surface area contributed by atoms with Gasteiger partial charge < -0.3 is 15.7 Å². The van der Waals surface area contributed by atoms with Gasteiger partial charge in [-0.2, -0.15) is 0 Å². The molecular weight excluding hydrogens is 277 g/mol. The van der Waals surface area contributed by atoms with E-state index in [0.717, 1.165) is 0 Å². The molecule has 5 nitrogen and oxygen atoms in total. The molecule has 0 aliphatic rings. The normalized spacial score (nSPS) is 10.2. The van der Waals surface area contributed by atoms with Gasteiger partial charge in [-0.15, -0.1) is 0 Å². The minimum atomic E-state index is -1.40. The maximum absolute atomic E-state index is 13.2. The molecule has 0 fully saturated rings. The second-order valence-electron chi connectivity index (χ2n) is 3.98. The molecule has 0 radical (unpaired) electrons. The fourth-order valence-electron chi connectivity index (χ4n) is 1.42. The van der Waals surface area contributed by atoms with Crippen molar-refractivity contribution < 1.29 is 27.9 Å². The van der Waals surface area contributed by atoms with Crippen LogP contribution in [0.2, 0.25) is 0 Å². The van der Waals surface area contributed by atoms with E-state index in [0.29, 0.717) is 25.0 Å². The summed E-state index contributed by atoms with van der Waals surface area (Å²) in [5.74, 6) is -4.71. The van der Waals surface area contributed by atoms with E-state index in [1.54, 1.807) is 0 Å². The summed E-state index contributed by atoms with van der Waals surface area (Å²) >= 11 is 0. The van der Waals surface area contributed by atoms with Gasteiger partial charge in [0.15, 0.2) is 11.6 Å². The Morgan fingerprint density at radius 1 is 1.15 bits per heavy atom. The van der Waals surface area contributed by atoms with Crippen LogP contribution in [0.15, 0.2) is 12.1 Å². The molecule has 1 aromatic rings. The van der Waals surface area contributed by atoms with Gasteiger partial charge in [0.25, 0.3) is 0 Å². The van der Waals surface area contributed by atoms with Crippen LogP contribution in [0.3, 0.4) is 0 Å². The van der Waals surface area contributed by atoms with Crippen molar-refractivity contribution in [1.82, 2.24) is 5.32 Å². The summed E-state index contributed by atoms with van der Waals surface area (Å²) in [7, 11) is 0. The molecule has 3 N–H and O–H groups in total. The van der Waals surface area contributed by atoms with E-state index in [1.807, 2.05) is 5.32 Å². The van der Waals surface area contributed by atoms with Gasteiger partial charge in [-0.05, 0) is 12.8 Å². The average molecular weight is 290 g/mol. The average Bonchev–Trinajstić information content (AvgIpc) is 2.34. The lowest BCUT2D eigenvalue weighted by Crippen LogP contribution is -2.30. The van der Waals surface area contributed by atoms with Gasteiger partial charge in [0.05, 0.1) is 5.69 Å². The van der Waals surface area contributed by atoms with Crippen molar-refractivity contribution >= 4 is 17.7 Å². The molecule has 0 aromatic heterocycles. The van der Waals surface area contributed by atoms with Crippen LogP contribution in [-0.4, -0.2) is 23.7 Å². The quantitative estimate of drug-likeness (QED) is 0.556. The summed E-state index contributed by atoms with van der Waals surface area (Å²) in [6, 6.07) is 0.191.